The Hall–Kier alpha value is -1.51. The zero-order chi connectivity index (χ0) is 11.0. The SMILES string of the molecule is Nc1nc[n+]([C@H]2C[C@@H](O)[C@@H](O)O2)c(=O)[nH]1. The largest absolute Gasteiger partial charge is 0.446 e. The number of hydrogen-bond acceptors (Lipinski definition) is 6. The van der Waals surface area contributed by atoms with Gasteiger partial charge in [0.25, 0.3) is 0 Å². The van der Waals surface area contributed by atoms with Gasteiger partial charge in [-0.3, -0.25) is 0 Å². The van der Waals surface area contributed by atoms with Crippen molar-refractivity contribution in [3.05, 3.63) is 16.8 Å². The first kappa shape index (κ1) is 10.0. The quantitative estimate of drug-likeness (QED) is 0.376. The summed E-state index contributed by atoms with van der Waals surface area (Å²) in [6, 6.07) is 0. The molecule has 0 bridgehead atoms. The van der Waals surface area contributed by atoms with Gasteiger partial charge in [-0.1, -0.05) is 4.98 Å². The van der Waals surface area contributed by atoms with Crippen LogP contribution in [-0.2, 0) is 4.74 Å². The van der Waals surface area contributed by atoms with Gasteiger partial charge in [0.15, 0.2) is 12.5 Å². The molecule has 1 fully saturated rings. The highest BCUT2D eigenvalue weighted by molar-refractivity contribution is 5.07. The van der Waals surface area contributed by atoms with Gasteiger partial charge in [-0.2, -0.15) is 9.55 Å². The third kappa shape index (κ3) is 1.82. The number of nitrogens with one attached hydrogen (secondary N) is 1. The van der Waals surface area contributed by atoms with E-state index >= 15 is 0 Å². The molecule has 1 aliphatic rings. The minimum Gasteiger partial charge on any atom is -0.388 e. The molecule has 2 rings (SSSR count). The number of ether oxygens (including phenoxy) is 1. The maximum absolute atomic E-state index is 11.4. The standard InChI is InChI=1S/C7H10N4O4/c8-6-9-2-11(7(14)10-6)4-1-3(12)5(13)15-4/h2-5,12-13H,1H2,(H2,8,10,14)/p+1/t3-,4-,5+/m1/s1. The van der Waals surface area contributed by atoms with E-state index in [1.807, 2.05) is 0 Å². The molecule has 15 heavy (non-hydrogen) atoms. The summed E-state index contributed by atoms with van der Waals surface area (Å²) >= 11 is 0. The van der Waals surface area contributed by atoms with Crippen LogP contribution in [0.25, 0.3) is 0 Å². The number of aliphatic hydroxyl groups excluding tert-OH is 2. The molecule has 5 N–H and O–H groups in total. The summed E-state index contributed by atoms with van der Waals surface area (Å²) in [7, 11) is 0. The highest BCUT2D eigenvalue weighted by atomic mass is 16.6. The summed E-state index contributed by atoms with van der Waals surface area (Å²) in [6.45, 7) is 0. The fourth-order valence-electron chi connectivity index (χ4n) is 1.40. The number of nitrogen functional groups attached to an aromatic ring is 1. The van der Waals surface area contributed by atoms with Crippen LogP contribution in [0.3, 0.4) is 0 Å². The summed E-state index contributed by atoms with van der Waals surface area (Å²) < 4.78 is 6.07. The first-order valence-electron chi connectivity index (χ1n) is 4.35. The van der Waals surface area contributed by atoms with Crippen LogP contribution >= 0.6 is 0 Å². The van der Waals surface area contributed by atoms with Crippen LogP contribution in [0, 0.1) is 0 Å². The molecular weight excluding hydrogens is 204 g/mol. The summed E-state index contributed by atoms with van der Waals surface area (Å²) in [6.07, 6.45) is -1.69. The smallest absolute Gasteiger partial charge is 0.388 e. The Bertz CT molecular complexity index is 410. The van der Waals surface area contributed by atoms with E-state index in [1.54, 1.807) is 0 Å². The number of anilines is 1. The van der Waals surface area contributed by atoms with E-state index in [0.29, 0.717) is 0 Å². The van der Waals surface area contributed by atoms with Crippen LogP contribution in [0.5, 0.6) is 0 Å². The number of hydrogen-bond donors (Lipinski definition) is 4. The molecule has 0 spiro atoms. The van der Waals surface area contributed by atoms with Crippen molar-refractivity contribution < 1.29 is 19.5 Å². The Morgan fingerprint density at radius 1 is 1.67 bits per heavy atom. The molecule has 0 amide bonds. The Kier molecular flexibility index (Phi) is 2.39. The van der Waals surface area contributed by atoms with Gasteiger partial charge in [0.05, 0.1) is 0 Å². The monoisotopic (exact) mass is 215 g/mol. The summed E-state index contributed by atoms with van der Waals surface area (Å²) in [5, 5.41) is 18.4. The maximum atomic E-state index is 11.4. The molecule has 8 nitrogen and oxygen atoms in total. The molecule has 82 valence electrons. The summed E-state index contributed by atoms with van der Waals surface area (Å²) in [5.41, 5.74) is 4.76. The molecule has 0 aromatic carbocycles. The van der Waals surface area contributed by atoms with E-state index < -0.39 is 24.3 Å². The number of rotatable bonds is 1. The fraction of sp³-hybridized carbons (Fsp3) is 0.571. The van der Waals surface area contributed by atoms with E-state index in [-0.39, 0.29) is 12.4 Å². The van der Waals surface area contributed by atoms with Crippen LogP contribution in [0.1, 0.15) is 12.6 Å². The lowest BCUT2D eigenvalue weighted by Gasteiger charge is -2.06. The van der Waals surface area contributed by atoms with Crippen molar-refractivity contribution in [2.45, 2.75) is 25.0 Å². The van der Waals surface area contributed by atoms with Crippen LogP contribution in [0.15, 0.2) is 11.1 Å². The molecule has 3 atom stereocenters. The molecule has 1 aliphatic heterocycles. The van der Waals surface area contributed by atoms with Gasteiger partial charge in [-0.15, -0.1) is 0 Å². The summed E-state index contributed by atoms with van der Waals surface area (Å²) in [5.74, 6) is -0.00431. The first-order chi connectivity index (χ1) is 7.08. The average molecular weight is 215 g/mol. The molecule has 1 aromatic heterocycles. The Morgan fingerprint density at radius 3 is 2.93 bits per heavy atom. The van der Waals surface area contributed by atoms with Crippen LogP contribution in [-0.4, -0.2) is 32.6 Å². The van der Waals surface area contributed by atoms with Gasteiger partial charge in [-0.05, 0) is 0 Å². The Balaban J connectivity index is 2.28. The van der Waals surface area contributed by atoms with Crippen molar-refractivity contribution >= 4 is 5.95 Å². The second kappa shape index (κ2) is 3.57. The molecule has 0 radical (unpaired) electrons. The van der Waals surface area contributed by atoms with Crippen LogP contribution in [0.2, 0.25) is 0 Å². The second-order valence-corrected chi connectivity index (χ2v) is 3.25. The fourth-order valence-corrected chi connectivity index (χ4v) is 1.40. The molecular formula is C7H11N4O4+. The van der Waals surface area contributed by atoms with Crippen molar-refractivity contribution in [2.75, 3.05) is 5.73 Å². The lowest BCUT2D eigenvalue weighted by Crippen LogP contribution is -2.55. The third-order valence-electron chi connectivity index (χ3n) is 2.17. The minimum absolute atomic E-state index is 0.00431. The number of nitrogens with zero attached hydrogens (tertiary/aromatic N) is 2. The molecule has 0 saturated carbocycles. The molecule has 8 heteroatoms. The van der Waals surface area contributed by atoms with Crippen molar-refractivity contribution in [3.63, 3.8) is 0 Å². The normalized spacial score (nSPS) is 30.7. The van der Waals surface area contributed by atoms with E-state index in [1.165, 1.54) is 6.33 Å². The molecule has 0 aliphatic carbocycles. The number of aromatic nitrogens is 3. The maximum Gasteiger partial charge on any atom is 0.446 e. The minimum atomic E-state index is -1.28. The van der Waals surface area contributed by atoms with Crippen LogP contribution in [0.4, 0.5) is 5.95 Å². The number of nitrogens with two attached hydrogens (primary N) is 1. The highest BCUT2D eigenvalue weighted by Crippen LogP contribution is 2.21. The van der Waals surface area contributed by atoms with E-state index in [9.17, 15) is 9.90 Å². The topological polar surface area (TPSA) is 125 Å². The second-order valence-electron chi connectivity index (χ2n) is 3.25. The van der Waals surface area contributed by atoms with Crippen molar-refractivity contribution in [2.24, 2.45) is 0 Å². The number of H-pyrrole nitrogens is 1. The zero-order valence-electron chi connectivity index (χ0n) is 7.70. The van der Waals surface area contributed by atoms with E-state index in [0.717, 1.165) is 4.57 Å². The molecule has 1 aromatic rings. The average Bonchev–Trinajstić information content (AvgIpc) is 2.46. The lowest BCUT2D eigenvalue weighted by molar-refractivity contribution is -0.777. The predicted molar refractivity (Wildman–Crippen MR) is 46.2 cm³/mol. The highest BCUT2D eigenvalue weighted by Gasteiger charge is 2.36. The van der Waals surface area contributed by atoms with E-state index in [4.69, 9.17) is 15.6 Å². The van der Waals surface area contributed by atoms with Crippen molar-refractivity contribution in [1.82, 2.24) is 9.97 Å². The van der Waals surface area contributed by atoms with Gasteiger partial charge in [0, 0.05) is 6.42 Å². The summed E-state index contributed by atoms with van der Waals surface area (Å²) in [4.78, 5) is 17.3. The molecule has 0 unspecified atom stereocenters. The Labute approximate surface area is 84.0 Å². The van der Waals surface area contributed by atoms with Crippen LogP contribution < -0.4 is 16.0 Å². The first-order valence-corrected chi connectivity index (χ1v) is 4.35. The van der Waals surface area contributed by atoms with E-state index in [2.05, 4.69) is 9.97 Å². The lowest BCUT2D eigenvalue weighted by atomic mass is 10.3. The van der Waals surface area contributed by atoms with Gasteiger partial charge in [0.1, 0.15) is 6.10 Å². The van der Waals surface area contributed by atoms with Gasteiger partial charge in [0.2, 0.25) is 6.33 Å². The third-order valence-corrected chi connectivity index (χ3v) is 2.17. The number of aliphatic hydroxyl groups is 2. The molecule has 1 saturated heterocycles. The van der Waals surface area contributed by atoms with Crippen molar-refractivity contribution in [3.8, 4) is 0 Å². The number of aromatic amines is 1. The molecule has 2 heterocycles. The zero-order valence-corrected chi connectivity index (χ0v) is 7.70. The Morgan fingerprint density at radius 2 is 2.40 bits per heavy atom. The predicted octanol–water partition coefficient (Wildman–Crippen LogP) is -2.76. The van der Waals surface area contributed by atoms with Gasteiger partial charge in [-0.25, -0.2) is 4.79 Å². The van der Waals surface area contributed by atoms with Gasteiger partial charge >= 0.3 is 11.6 Å². The van der Waals surface area contributed by atoms with Crippen molar-refractivity contribution in [1.29, 1.82) is 0 Å². The van der Waals surface area contributed by atoms with Gasteiger partial charge < -0.3 is 20.7 Å².